The molecule has 1 atom stereocenters. The van der Waals surface area contributed by atoms with Gasteiger partial charge in [0.2, 0.25) is 0 Å². The first-order valence-electron chi connectivity index (χ1n) is 9.26. The number of hydrogen-bond donors (Lipinski definition) is 1. The molecule has 0 spiro atoms. The van der Waals surface area contributed by atoms with E-state index in [1.54, 1.807) is 37.1 Å². The second kappa shape index (κ2) is 8.15. The maximum atomic E-state index is 14.4. The number of anilines is 1. The summed E-state index contributed by atoms with van der Waals surface area (Å²) in [6.45, 7) is 1.54. The SMILES string of the molecule is COc1ccc2c(c1)SC(c1ccccc1F)CCN2Cc1ccc(O)cc1. The van der Waals surface area contributed by atoms with Crippen LogP contribution in [-0.2, 0) is 6.54 Å². The third-order valence-corrected chi connectivity index (χ3v) is 6.36. The van der Waals surface area contributed by atoms with Crippen LogP contribution in [0.3, 0.4) is 0 Å². The Morgan fingerprint density at radius 3 is 2.64 bits per heavy atom. The summed E-state index contributed by atoms with van der Waals surface area (Å²) in [7, 11) is 1.66. The summed E-state index contributed by atoms with van der Waals surface area (Å²) in [5.41, 5.74) is 2.99. The van der Waals surface area contributed by atoms with Crippen molar-refractivity contribution in [3.05, 3.63) is 83.7 Å². The molecule has 1 unspecified atom stereocenters. The van der Waals surface area contributed by atoms with Crippen molar-refractivity contribution in [1.82, 2.24) is 0 Å². The van der Waals surface area contributed by atoms with Crippen LogP contribution in [0.1, 0.15) is 22.8 Å². The maximum absolute atomic E-state index is 14.4. The van der Waals surface area contributed by atoms with Gasteiger partial charge < -0.3 is 14.7 Å². The highest BCUT2D eigenvalue weighted by Gasteiger charge is 2.25. The van der Waals surface area contributed by atoms with E-state index in [-0.39, 0.29) is 16.8 Å². The Labute approximate surface area is 168 Å². The number of rotatable bonds is 4. The highest BCUT2D eigenvalue weighted by molar-refractivity contribution is 7.99. The Hall–Kier alpha value is -2.66. The number of thioether (sulfide) groups is 1. The van der Waals surface area contributed by atoms with Crippen molar-refractivity contribution in [3.8, 4) is 11.5 Å². The van der Waals surface area contributed by atoms with E-state index >= 15 is 0 Å². The molecule has 0 aromatic heterocycles. The average Bonchev–Trinajstić information content (AvgIpc) is 2.89. The van der Waals surface area contributed by atoms with Crippen molar-refractivity contribution >= 4 is 17.4 Å². The summed E-state index contributed by atoms with van der Waals surface area (Å²) in [5, 5.41) is 9.58. The fourth-order valence-corrected chi connectivity index (χ4v) is 4.87. The van der Waals surface area contributed by atoms with Crippen molar-refractivity contribution in [3.63, 3.8) is 0 Å². The summed E-state index contributed by atoms with van der Waals surface area (Å²) in [6, 6.07) is 20.4. The molecule has 3 aromatic carbocycles. The standard InChI is InChI=1S/C23H22FNO2S/c1-27-18-10-11-21-23(14-18)28-22(19-4-2-3-5-20(19)24)12-13-25(21)15-16-6-8-17(26)9-7-16/h2-11,14,22,26H,12-13,15H2,1H3. The van der Waals surface area contributed by atoms with E-state index in [9.17, 15) is 9.50 Å². The first-order chi connectivity index (χ1) is 13.6. The van der Waals surface area contributed by atoms with Gasteiger partial charge in [0.25, 0.3) is 0 Å². The van der Waals surface area contributed by atoms with Crippen molar-refractivity contribution in [2.24, 2.45) is 0 Å². The molecule has 0 radical (unpaired) electrons. The van der Waals surface area contributed by atoms with E-state index in [1.165, 1.54) is 6.07 Å². The molecule has 28 heavy (non-hydrogen) atoms. The van der Waals surface area contributed by atoms with Crippen LogP contribution >= 0.6 is 11.8 Å². The topological polar surface area (TPSA) is 32.7 Å². The first-order valence-corrected chi connectivity index (χ1v) is 10.1. The van der Waals surface area contributed by atoms with Crippen molar-refractivity contribution in [2.75, 3.05) is 18.6 Å². The van der Waals surface area contributed by atoms with E-state index in [4.69, 9.17) is 4.74 Å². The number of methoxy groups -OCH3 is 1. The number of benzene rings is 3. The summed E-state index contributed by atoms with van der Waals surface area (Å²) in [6.07, 6.45) is 0.834. The first kappa shape index (κ1) is 18.7. The molecular formula is C23H22FNO2S. The molecule has 1 aliphatic rings. The van der Waals surface area contributed by atoms with E-state index in [2.05, 4.69) is 11.0 Å². The van der Waals surface area contributed by atoms with Crippen molar-refractivity contribution in [1.29, 1.82) is 0 Å². The number of ether oxygens (including phenoxy) is 1. The molecule has 1 N–H and O–H groups in total. The predicted molar refractivity (Wildman–Crippen MR) is 112 cm³/mol. The monoisotopic (exact) mass is 395 g/mol. The highest BCUT2D eigenvalue weighted by Crippen LogP contribution is 2.47. The fourth-order valence-electron chi connectivity index (χ4n) is 3.52. The van der Waals surface area contributed by atoms with Gasteiger partial charge in [0, 0.05) is 28.8 Å². The quantitative estimate of drug-likeness (QED) is 0.607. The van der Waals surface area contributed by atoms with Crippen LogP contribution in [0.25, 0.3) is 0 Å². The maximum Gasteiger partial charge on any atom is 0.127 e. The van der Waals surface area contributed by atoms with E-state index in [1.807, 2.05) is 36.4 Å². The molecule has 3 nitrogen and oxygen atoms in total. The molecule has 0 amide bonds. The lowest BCUT2D eigenvalue weighted by atomic mass is 10.1. The summed E-state index contributed by atoms with van der Waals surface area (Å²) < 4.78 is 19.9. The van der Waals surface area contributed by atoms with Crippen LogP contribution < -0.4 is 9.64 Å². The highest BCUT2D eigenvalue weighted by atomic mass is 32.2. The lowest BCUT2D eigenvalue weighted by Crippen LogP contribution is -2.24. The van der Waals surface area contributed by atoms with Gasteiger partial charge in [0.15, 0.2) is 0 Å². The molecule has 0 saturated heterocycles. The number of aromatic hydroxyl groups is 1. The number of phenolic OH excluding ortho intramolecular Hbond substituents is 1. The van der Waals surface area contributed by atoms with Crippen LogP contribution in [0.5, 0.6) is 11.5 Å². The van der Waals surface area contributed by atoms with Gasteiger partial charge in [-0.1, -0.05) is 30.3 Å². The predicted octanol–water partition coefficient (Wildman–Crippen LogP) is 5.78. The Bertz CT molecular complexity index is 961. The zero-order valence-corrected chi connectivity index (χ0v) is 16.5. The molecule has 144 valence electrons. The number of halogens is 1. The van der Waals surface area contributed by atoms with Gasteiger partial charge in [0.05, 0.1) is 12.8 Å². The zero-order chi connectivity index (χ0) is 19.5. The van der Waals surface area contributed by atoms with Crippen molar-refractivity contribution in [2.45, 2.75) is 23.1 Å². The minimum atomic E-state index is -0.156. The third-order valence-electron chi connectivity index (χ3n) is 5.00. The van der Waals surface area contributed by atoms with Gasteiger partial charge in [-0.15, -0.1) is 11.8 Å². The second-order valence-corrected chi connectivity index (χ2v) is 8.08. The molecule has 5 heteroatoms. The molecule has 0 saturated carbocycles. The van der Waals surface area contributed by atoms with Crippen LogP contribution in [-0.4, -0.2) is 18.8 Å². The van der Waals surface area contributed by atoms with Gasteiger partial charge in [-0.3, -0.25) is 0 Å². The minimum Gasteiger partial charge on any atom is -0.508 e. The Balaban J connectivity index is 1.68. The van der Waals surface area contributed by atoms with Crippen LogP contribution in [0.15, 0.2) is 71.6 Å². The molecule has 4 rings (SSSR count). The Morgan fingerprint density at radius 2 is 1.89 bits per heavy atom. The van der Waals surface area contributed by atoms with Gasteiger partial charge in [0.1, 0.15) is 17.3 Å². The molecule has 0 bridgehead atoms. The normalized spacial score (nSPS) is 16.4. The van der Waals surface area contributed by atoms with Gasteiger partial charge in [-0.05, 0) is 48.4 Å². The van der Waals surface area contributed by atoms with E-state index in [0.717, 1.165) is 47.0 Å². The summed E-state index contributed by atoms with van der Waals surface area (Å²) >= 11 is 1.69. The average molecular weight is 395 g/mol. The number of nitrogens with zero attached hydrogens (tertiary/aromatic N) is 1. The summed E-state index contributed by atoms with van der Waals surface area (Å²) in [5.74, 6) is 0.904. The van der Waals surface area contributed by atoms with E-state index in [0.29, 0.717) is 0 Å². The largest absolute Gasteiger partial charge is 0.508 e. The minimum absolute atomic E-state index is 0.0388. The zero-order valence-electron chi connectivity index (χ0n) is 15.6. The second-order valence-electron chi connectivity index (χ2n) is 6.84. The van der Waals surface area contributed by atoms with Crippen molar-refractivity contribution < 1.29 is 14.2 Å². The van der Waals surface area contributed by atoms with Crippen LogP contribution in [0.4, 0.5) is 10.1 Å². The number of phenols is 1. The summed E-state index contributed by atoms with van der Waals surface area (Å²) in [4.78, 5) is 3.40. The van der Waals surface area contributed by atoms with Gasteiger partial charge in [-0.25, -0.2) is 4.39 Å². The smallest absolute Gasteiger partial charge is 0.127 e. The lowest BCUT2D eigenvalue weighted by Gasteiger charge is -2.25. The molecule has 0 fully saturated rings. The van der Waals surface area contributed by atoms with Gasteiger partial charge in [-0.2, -0.15) is 0 Å². The third kappa shape index (κ3) is 3.94. The number of hydrogen-bond acceptors (Lipinski definition) is 4. The van der Waals surface area contributed by atoms with Gasteiger partial charge >= 0.3 is 0 Å². The fraction of sp³-hybridized carbons (Fsp3) is 0.217. The molecule has 1 heterocycles. The lowest BCUT2D eigenvalue weighted by molar-refractivity contribution is 0.413. The van der Waals surface area contributed by atoms with Crippen LogP contribution in [0.2, 0.25) is 0 Å². The van der Waals surface area contributed by atoms with Crippen LogP contribution in [0, 0.1) is 5.82 Å². The molecular weight excluding hydrogens is 373 g/mol. The van der Waals surface area contributed by atoms with E-state index < -0.39 is 0 Å². The molecule has 0 aliphatic carbocycles. The molecule has 1 aliphatic heterocycles. The Kier molecular flexibility index (Phi) is 5.44. The number of fused-ring (bicyclic) bond motifs is 1. The molecule has 3 aromatic rings. The Morgan fingerprint density at radius 1 is 1.11 bits per heavy atom.